The zero-order valence-electron chi connectivity index (χ0n) is 15.7. The SMILES string of the molecule is CCCn1cnc2sc(C(=O)Nc3ccc(OC)c(OC)c3)c(C)c2c1=O. The molecule has 1 aromatic carbocycles. The molecular formula is C19H21N3O4S. The van der Waals surface area contributed by atoms with Crippen LogP contribution in [0.2, 0.25) is 0 Å². The first-order valence-electron chi connectivity index (χ1n) is 8.52. The van der Waals surface area contributed by atoms with Crippen molar-refractivity contribution in [2.24, 2.45) is 0 Å². The molecule has 0 bridgehead atoms. The Hall–Kier alpha value is -2.87. The molecule has 1 N–H and O–H groups in total. The van der Waals surface area contributed by atoms with Crippen molar-refractivity contribution in [2.75, 3.05) is 19.5 Å². The number of aryl methyl sites for hydroxylation is 2. The predicted molar refractivity (Wildman–Crippen MR) is 106 cm³/mol. The molecule has 0 unspecified atom stereocenters. The number of nitrogens with one attached hydrogen (secondary N) is 1. The number of ether oxygens (including phenoxy) is 2. The second-order valence-corrected chi connectivity index (χ2v) is 7.00. The smallest absolute Gasteiger partial charge is 0.266 e. The van der Waals surface area contributed by atoms with Crippen LogP contribution in [0.5, 0.6) is 11.5 Å². The third kappa shape index (κ3) is 3.52. The molecule has 0 atom stereocenters. The molecule has 142 valence electrons. The van der Waals surface area contributed by atoms with Crippen molar-refractivity contribution in [1.29, 1.82) is 0 Å². The van der Waals surface area contributed by atoms with Gasteiger partial charge in [0.15, 0.2) is 11.5 Å². The fourth-order valence-corrected chi connectivity index (χ4v) is 3.91. The summed E-state index contributed by atoms with van der Waals surface area (Å²) in [5.74, 6) is 0.811. The fraction of sp³-hybridized carbons (Fsp3) is 0.316. The second-order valence-electron chi connectivity index (χ2n) is 6.00. The predicted octanol–water partition coefficient (Wildman–Crippen LogP) is 3.45. The van der Waals surface area contributed by atoms with Crippen molar-refractivity contribution in [3.63, 3.8) is 0 Å². The van der Waals surface area contributed by atoms with E-state index in [2.05, 4.69) is 10.3 Å². The third-order valence-electron chi connectivity index (χ3n) is 4.23. The van der Waals surface area contributed by atoms with Gasteiger partial charge in [0.05, 0.1) is 30.8 Å². The van der Waals surface area contributed by atoms with E-state index >= 15 is 0 Å². The van der Waals surface area contributed by atoms with Crippen molar-refractivity contribution < 1.29 is 14.3 Å². The van der Waals surface area contributed by atoms with E-state index in [-0.39, 0.29) is 11.5 Å². The van der Waals surface area contributed by atoms with Crippen molar-refractivity contribution in [1.82, 2.24) is 9.55 Å². The summed E-state index contributed by atoms with van der Waals surface area (Å²) in [6.45, 7) is 4.38. The van der Waals surface area contributed by atoms with E-state index < -0.39 is 0 Å². The van der Waals surface area contributed by atoms with Crippen LogP contribution >= 0.6 is 11.3 Å². The molecule has 27 heavy (non-hydrogen) atoms. The van der Waals surface area contributed by atoms with Gasteiger partial charge in [-0.2, -0.15) is 0 Å². The number of fused-ring (bicyclic) bond motifs is 1. The maximum Gasteiger partial charge on any atom is 0.266 e. The molecule has 8 heteroatoms. The molecule has 0 fully saturated rings. The number of methoxy groups -OCH3 is 2. The molecule has 0 spiro atoms. The van der Waals surface area contributed by atoms with E-state index in [9.17, 15) is 9.59 Å². The fourth-order valence-electron chi connectivity index (χ4n) is 2.88. The summed E-state index contributed by atoms with van der Waals surface area (Å²) < 4.78 is 12.0. The highest BCUT2D eigenvalue weighted by atomic mass is 32.1. The van der Waals surface area contributed by atoms with Gasteiger partial charge in [-0.05, 0) is 31.0 Å². The van der Waals surface area contributed by atoms with Crippen LogP contribution in [-0.4, -0.2) is 29.7 Å². The Kier molecular flexibility index (Phi) is 5.46. The van der Waals surface area contributed by atoms with Crippen LogP contribution in [0.25, 0.3) is 10.2 Å². The Balaban J connectivity index is 1.96. The van der Waals surface area contributed by atoms with E-state index in [0.29, 0.717) is 44.4 Å². The molecule has 0 saturated heterocycles. The van der Waals surface area contributed by atoms with Gasteiger partial charge in [0.1, 0.15) is 4.83 Å². The largest absolute Gasteiger partial charge is 0.493 e. The molecule has 0 aliphatic rings. The summed E-state index contributed by atoms with van der Waals surface area (Å²) in [6.07, 6.45) is 2.38. The van der Waals surface area contributed by atoms with Gasteiger partial charge in [0.2, 0.25) is 0 Å². The van der Waals surface area contributed by atoms with E-state index in [0.717, 1.165) is 6.42 Å². The van der Waals surface area contributed by atoms with Crippen LogP contribution < -0.4 is 20.3 Å². The van der Waals surface area contributed by atoms with Gasteiger partial charge in [0.25, 0.3) is 11.5 Å². The first kappa shape index (κ1) is 18.9. The van der Waals surface area contributed by atoms with Gasteiger partial charge in [-0.15, -0.1) is 11.3 Å². The summed E-state index contributed by atoms with van der Waals surface area (Å²) >= 11 is 1.22. The maximum absolute atomic E-state index is 12.8. The molecule has 0 radical (unpaired) electrons. The first-order chi connectivity index (χ1) is 13.0. The van der Waals surface area contributed by atoms with Crippen molar-refractivity contribution in [3.8, 4) is 11.5 Å². The molecule has 0 aliphatic carbocycles. The van der Waals surface area contributed by atoms with Gasteiger partial charge in [-0.1, -0.05) is 6.92 Å². The number of anilines is 1. The average Bonchev–Trinajstić information content (AvgIpc) is 3.01. The highest BCUT2D eigenvalue weighted by molar-refractivity contribution is 7.20. The number of hydrogen-bond donors (Lipinski definition) is 1. The minimum absolute atomic E-state index is 0.110. The number of thiophene rings is 1. The van der Waals surface area contributed by atoms with E-state index in [1.165, 1.54) is 18.4 Å². The Morgan fingerprint density at radius 2 is 2.00 bits per heavy atom. The second kappa shape index (κ2) is 7.79. The standard InChI is InChI=1S/C19H21N3O4S/c1-5-8-22-10-20-18-15(19(22)24)11(2)16(27-18)17(23)21-12-6-7-13(25-3)14(9-12)26-4/h6-7,9-10H,5,8H2,1-4H3,(H,21,23). The topological polar surface area (TPSA) is 82.5 Å². The number of nitrogens with zero attached hydrogens (tertiary/aromatic N) is 2. The maximum atomic E-state index is 12.8. The number of rotatable bonds is 6. The first-order valence-corrected chi connectivity index (χ1v) is 9.33. The molecule has 7 nitrogen and oxygen atoms in total. The number of carbonyl (C=O) groups is 1. The van der Waals surface area contributed by atoms with Crippen molar-refractivity contribution in [3.05, 3.63) is 45.3 Å². The molecule has 2 heterocycles. The quantitative estimate of drug-likeness (QED) is 0.701. The molecule has 3 aromatic rings. The van der Waals surface area contributed by atoms with E-state index in [1.807, 2.05) is 6.92 Å². The summed E-state index contributed by atoms with van der Waals surface area (Å²) in [5.41, 5.74) is 1.11. The van der Waals surface area contributed by atoms with Crippen molar-refractivity contribution in [2.45, 2.75) is 26.8 Å². The molecule has 0 saturated carbocycles. The highest BCUT2D eigenvalue weighted by Gasteiger charge is 2.20. The lowest BCUT2D eigenvalue weighted by molar-refractivity contribution is 0.103. The van der Waals surface area contributed by atoms with Crippen LogP contribution in [0.3, 0.4) is 0 Å². The van der Waals surface area contributed by atoms with Crippen LogP contribution in [-0.2, 0) is 6.54 Å². The highest BCUT2D eigenvalue weighted by Crippen LogP contribution is 2.31. The van der Waals surface area contributed by atoms with Crippen LogP contribution in [0, 0.1) is 6.92 Å². The van der Waals surface area contributed by atoms with Crippen LogP contribution in [0.1, 0.15) is 28.6 Å². The number of amides is 1. The Labute approximate surface area is 160 Å². The average molecular weight is 387 g/mol. The number of carbonyl (C=O) groups excluding carboxylic acids is 1. The zero-order valence-corrected chi connectivity index (χ0v) is 16.5. The van der Waals surface area contributed by atoms with E-state index in [4.69, 9.17) is 9.47 Å². The minimum atomic E-state index is -0.288. The number of aromatic nitrogens is 2. The third-order valence-corrected chi connectivity index (χ3v) is 5.43. The van der Waals surface area contributed by atoms with Gasteiger partial charge in [0, 0.05) is 18.3 Å². The van der Waals surface area contributed by atoms with Crippen molar-refractivity contribution >= 4 is 33.1 Å². The summed E-state index contributed by atoms with van der Waals surface area (Å²) in [4.78, 5) is 30.8. The minimum Gasteiger partial charge on any atom is -0.493 e. The lowest BCUT2D eigenvalue weighted by Gasteiger charge is -2.10. The normalized spacial score (nSPS) is 10.8. The monoisotopic (exact) mass is 387 g/mol. The molecular weight excluding hydrogens is 366 g/mol. The Morgan fingerprint density at radius 1 is 1.26 bits per heavy atom. The lowest BCUT2D eigenvalue weighted by Crippen LogP contribution is -2.20. The summed E-state index contributed by atoms with van der Waals surface area (Å²) in [6, 6.07) is 5.14. The van der Waals surface area contributed by atoms with Crippen LogP contribution in [0.15, 0.2) is 29.3 Å². The molecule has 2 aromatic heterocycles. The molecule has 1 amide bonds. The molecule has 0 aliphatic heterocycles. The lowest BCUT2D eigenvalue weighted by atomic mass is 10.2. The Bertz CT molecular complexity index is 1060. The zero-order chi connectivity index (χ0) is 19.6. The molecule has 3 rings (SSSR count). The van der Waals surface area contributed by atoms with Gasteiger partial charge in [-0.25, -0.2) is 4.98 Å². The number of hydrogen-bond acceptors (Lipinski definition) is 6. The Morgan fingerprint density at radius 3 is 2.67 bits per heavy atom. The van der Waals surface area contributed by atoms with E-state index in [1.54, 1.807) is 43.1 Å². The van der Waals surface area contributed by atoms with Gasteiger partial charge < -0.3 is 14.8 Å². The summed E-state index contributed by atoms with van der Waals surface area (Å²) in [5, 5.41) is 3.35. The summed E-state index contributed by atoms with van der Waals surface area (Å²) in [7, 11) is 3.08. The van der Waals surface area contributed by atoms with Gasteiger partial charge in [-0.3, -0.25) is 14.2 Å². The number of benzene rings is 1. The van der Waals surface area contributed by atoms with Gasteiger partial charge >= 0.3 is 0 Å². The van der Waals surface area contributed by atoms with Crippen LogP contribution in [0.4, 0.5) is 5.69 Å².